The molecule has 1 aromatic carbocycles. The van der Waals surface area contributed by atoms with Gasteiger partial charge in [-0.25, -0.2) is 22.3 Å². The largest absolute Gasteiger partial charge is 0.490 e. The van der Waals surface area contributed by atoms with E-state index >= 15 is 0 Å². The van der Waals surface area contributed by atoms with Gasteiger partial charge in [-0.2, -0.15) is 13.2 Å². The number of carboxylic acids is 1. The van der Waals surface area contributed by atoms with E-state index in [-0.39, 0.29) is 17.6 Å². The van der Waals surface area contributed by atoms with Crippen LogP contribution in [0.5, 0.6) is 5.75 Å². The lowest BCUT2D eigenvalue weighted by atomic mass is 10.0. The molecule has 0 radical (unpaired) electrons. The highest BCUT2D eigenvalue weighted by Gasteiger charge is 2.38. The maximum absolute atomic E-state index is 14.3. The predicted molar refractivity (Wildman–Crippen MR) is 101 cm³/mol. The van der Waals surface area contributed by atoms with Crippen molar-refractivity contribution in [2.24, 2.45) is 0 Å². The second kappa shape index (κ2) is 9.81. The first kappa shape index (κ1) is 24.9. The van der Waals surface area contributed by atoms with Crippen LogP contribution in [-0.4, -0.2) is 57.0 Å². The molecule has 2 fully saturated rings. The fourth-order valence-corrected chi connectivity index (χ4v) is 3.33. The molecule has 1 heterocycles. The number of carbonyl (C=O) groups excluding carboxylic acids is 1. The van der Waals surface area contributed by atoms with Gasteiger partial charge < -0.3 is 15.2 Å². The van der Waals surface area contributed by atoms with Crippen molar-refractivity contribution in [1.82, 2.24) is 10.0 Å². The molecule has 1 unspecified atom stereocenters. The molecule has 13 heteroatoms. The first-order valence-electron chi connectivity index (χ1n) is 9.31. The number of hydrogen-bond donors (Lipinski definition) is 3. The summed E-state index contributed by atoms with van der Waals surface area (Å²) in [5.74, 6) is -3.80. The summed E-state index contributed by atoms with van der Waals surface area (Å²) >= 11 is 0. The Morgan fingerprint density at radius 2 is 1.84 bits per heavy atom. The molecule has 1 saturated carbocycles. The Hall–Kier alpha value is -2.41. The summed E-state index contributed by atoms with van der Waals surface area (Å²) in [5, 5.41) is 10.4. The second-order valence-corrected chi connectivity index (χ2v) is 8.99. The minimum absolute atomic E-state index is 0.0219. The first-order valence-corrected chi connectivity index (χ1v) is 11.2. The van der Waals surface area contributed by atoms with E-state index in [9.17, 15) is 30.8 Å². The summed E-state index contributed by atoms with van der Waals surface area (Å²) < 4.78 is 76.2. The molecule has 1 aromatic rings. The number of ether oxygens (including phenoxy) is 1. The molecule has 1 saturated heterocycles. The van der Waals surface area contributed by atoms with Gasteiger partial charge >= 0.3 is 12.1 Å². The van der Waals surface area contributed by atoms with Crippen LogP contribution in [0.25, 0.3) is 0 Å². The Morgan fingerprint density at radius 1 is 1.23 bits per heavy atom. The first-order chi connectivity index (χ1) is 14.3. The molecule has 0 bridgehead atoms. The summed E-state index contributed by atoms with van der Waals surface area (Å²) in [6.45, 7) is 1.66. The SMILES string of the molecule is CS(=O)(=O)NC(=O)c1cc(C2CC2)c(OC2CCCNC2)cc1F.O=C(O)C(F)(F)F. The smallest absolute Gasteiger partial charge is 0.489 e. The summed E-state index contributed by atoms with van der Waals surface area (Å²) in [7, 11) is -3.74. The molecule has 1 aliphatic carbocycles. The summed E-state index contributed by atoms with van der Waals surface area (Å²) in [6.07, 6.45) is -0.435. The molecule has 1 amide bonds. The van der Waals surface area contributed by atoms with Crippen LogP contribution in [0.1, 0.15) is 47.5 Å². The van der Waals surface area contributed by atoms with E-state index in [0.717, 1.165) is 44.0 Å². The van der Waals surface area contributed by atoms with Crippen LogP contribution in [0.3, 0.4) is 0 Å². The Balaban J connectivity index is 0.000000423. The van der Waals surface area contributed by atoms with Gasteiger partial charge in [-0.3, -0.25) is 4.79 Å². The summed E-state index contributed by atoms with van der Waals surface area (Å²) in [4.78, 5) is 20.9. The highest BCUT2D eigenvalue weighted by molar-refractivity contribution is 7.89. The number of piperidine rings is 1. The fraction of sp³-hybridized carbons (Fsp3) is 0.556. The maximum Gasteiger partial charge on any atom is 0.490 e. The van der Waals surface area contributed by atoms with Crippen LogP contribution in [-0.2, 0) is 14.8 Å². The zero-order valence-corrected chi connectivity index (χ0v) is 17.3. The number of halogens is 4. The van der Waals surface area contributed by atoms with Crippen molar-refractivity contribution in [3.63, 3.8) is 0 Å². The van der Waals surface area contributed by atoms with Crippen LogP contribution in [0.2, 0.25) is 0 Å². The van der Waals surface area contributed by atoms with E-state index in [1.807, 2.05) is 0 Å². The normalized spacial score (nSPS) is 19.1. The topological polar surface area (TPSA) is 122 Å². The number of amides is 1. The van der Waals surface area contributed by atoms with Crippen molar-refractivity contribution < 1.29 is 45.4 Å². The number of carboxylic acid groups (broad SMARTS) is 1. The molecule has 0 spiro atoms. The summed E-state index contributed by atoms with van der Waals surface area (Å²) in [6, 6.07) is 2.64. The van der Waals surface area contributed by atoms with Crippen molar-refractivity contribution in [3.05, 3.63) is 29.1 Å². The molecular formula is C18H22F4N2O6S. The molecule has 174 valence electrons. The Kier molecular flexibility index (Phi) is 7.87. The molecule has 31 heavy (non-hydrogen) atoms. The zero-order chi connectivity index (χ0) is 23.4. The maximum atomic E-state index is 14.3. The average molecular weight is 470 g/mol. The summed E-state index contributed by atoms with van der Waals surface area (Å²) in [5.41, 5.74) is 0.511. The highest BCUT2D eigenvalue weighted by Crippen LogP contribution is 2.45. The molecule has 2 aliphatic rings. The van der Waals surface area contributed by atoms with E-state index in [1.54, 1.807) is 4.72 Å². The molecule has 1 atom stereocenters. The highest BCUT2D eigenvalue weighted by atomic mass is 32.2. The van der Waals surface area contributed by atoms with E-state index in [0.29, 0.717) is 12.3 Å². The van der Waals surface area contributed by atoms with Gasteiger partial charge in [0.15, 0.2) is 0 Å². The van der Waals surface area contributed by atoms with Crippen LogP contribution < -0.4 is 14.8 Å². The third kappa shape index (κ3) is 7.98. The van der Waals surface area contributed by atoms with Gasteiger partial charge in [-0.1, -0.05) is 0 Å². The molecule has 3 rings (SSSR count). The van der Waals surface area contributed by atoms with Gasteiger partial charge in [0.1, 0.15) is 17.7 Å². The molecule has 0 aromatic heterocycles. The lowest BCUT2D eigenvalue weighted by Gasteiger charge is -2.25. The third-order valence-electron chi connectivity index (χ3n) is 4.43. The van der Waals surface area contributed by atoms with Gasteiger partial charge in [-0.15, -0.1) is 0 Å². The van der Waals surface area contributed by atoms with Crippen molar-refractivity contribution in [2.45, 2.75) is 43.9 Å². The van der Waals surface area contributed by atoms with Crippen LogP contribution in [0, 0.1) is 5.82 Å². The Bertz CT molecular complexity index is 926. The van der Waals surface area contributed by atoms with Gasteiger partial charge in [-0.05, 0) is 49.8 Å². The molecule has 8 nitrogen and oxygen atoms in total. The zero-order valence-electron chi connectivity index (χ0n) is 16.5. The minimum atomic E-state index is -5.08. The van der Waals surface area contributed by atoms with Gasteiger partial charge in [0.05, 0.1) is 11.8 Å². The number of benzene rings is 1. The van der Waals surface area contributed by atoms with E-state index in [2.05, 4.69) is 5.32 Å². The number of aliphatic carboxylic acids is 1. The second-order valence-electron chi connectivity index (χ2n) is 7.24. The van der Waals surface area contributed by atoms with E-state index < -0.39 is 33.9 Å². The van der Waals surface area contributed by atoms with Crippen LogP contribution in [0.15, 0.2) is 12.1 Å². The van der Waals surface area contributed by atoms with Crippen molar-refractivity contribution in [3.8, 4) is 5.75 Å². The van der Waals surface area contributed by atoms with Crippen molar-refractivity contribution in [2.75, 3.05) is 19.3 Å². The van der Waals surface area contributed by atoms with E-state index in [4.69, 9.17) is 14.6 Å². The quantitative estimate of drug-likeness (QED) is 0.564. The van der Waals surface area contributed by atoms with Crippen molar-refractivity contribution in [1.29, 1.82) is 0 Å². The van der Waals surface area contributed by atoms with Crippen molar-refractivity contribution >= 4 is 21.9 Å². The number of rotatable bonds is 5. The third-order valence-corrected chi connectivity index (χ3v) is 4.98. The standard InChI is InChI=1S/C16H21FN2O4S.C2HF3O2/c1-24(21,22)19-16(20)13-7-12(10-4-5-10)15(8-14(13)17)23-11-3-2-6-18-9-11;3-2(4,5)1(6)7/h7-8,10-11,18H,2-6,9H2,1H3,(H,19,20);(H,6,7). The van der Waals surface area contributed by atoms with E-state index in [1.165, 1.54) is 12.1 Å². The number of hydrogen-bond acceptors (Lipinski definition) is 6. The average Bonchev–Trinajstić information content (AvgIpc) is 3.46. The molecule has 3 N–H and O–H groups in total. The monoisotopic (exact) mass is 470 g/mol. The van der Waals surface area contributed by atoms with Crippen LogP contribution >= 0.6 is 0 Å². The number of nitrogens with one attached hydrogen (secondary N) is 2. The number of alkyl halides is 3. The predicted octanol–water partition coefficient (Wildman–Crippen LogP) is 2.16. The van der Waals surface area contributed by atoms with Gasteiger partial charge in [0.25, 0.3) is 5.91 Å². The fourth-order valence-electron chi connectivity index (χ4n) is 2.88. The lowest BCUT2D eigenvalue weighted by molar-refractivity contribution is -0.192. The molecule has 1 aliphatic heterocycles. The number of sulfonamides is 1. The Morgan fingerprint density at radius 3 is 2.29 bits per heavy atom. The van der Waals surface area contributed by atoms with Gasteiger partial charge in [0.2, 0.25) is 10.0 Å². The lowest BCUT2D eigenvalue weighted by Crippen LogP contribution is -2.37. The van der Waals surface area contributed by atoms with Crippen LogP contribution in [0.4, 0.5) is 17.6 Å². The molecular weight excluding hydrogens is 448 g/mol. The number of carbonyl (C=O) groups is 2. The van der Waals surface area contributed by atoms with Gasteiger partial charge in [0, 0.05) is 12.6 Å². The Labute approximate surface area is 176 Å². The minimum Gasteiger partial charge on any atom is -0.489 e.